The molecule has 2 aromatic carbocycles. The van der Waals surface area contributed by atoms with Crippen LogP contribution in [0.2, 0.25) is 0 Å². The van der Waals surface area contributed by atoms with Gasteiger partial charge < -0.3 is 9.47 Å². The number of hydrogen-bond donors (Lipinski definition) is 1. The number of hydrogen-bond acceptors (Lipinski definition) is 3. The van der Waals surface area contributed by atoms with E-state index in [0.29, 0.717) is 0 Å². The summed E-state index contributed by atoms with van der Waals surface area (Å²) in [4.78, 5) is 2.47. The van der Waals surface area contributed by atoms with Crippen molar-refractivity contribution in [1.29, 1.82) is 0 Å². The predicted octanol–water partition coefficient (Wildman–Crippen LogP) is 2.39. The number of anilines is 1. The van der Waals surface area contributed by atoms with Crippen molar-refractivity contribution >= 4 is 26.6 Å². The van der Waals surface area contributed by atoms with E-state index >= 15 is 0 Å². The van der Waals surface area contributed by atoms with Crippen molar-refractivity contribution in [3.8, 4) is 0 Å². The van der Waals surface area contributed by atoms with Crippen molar-refractivity contribution in [2.75, 3.05) is 11.4 Å². The lowest BCUT2D eigenvalue weighted by Gasteiger charge is -2.20. The maximum absolute atomic E-state index is 11.5. The molecule has 0 unspecified atom stereocenters. The Morgan fingerprint density at radius 2 is 1.96 bits per heavy atom. The lowest BCUT2D eigenvalue weighted by atomic mass is 10.1. The van der Waals surface area contributed by atoms with Gasteiger partial charge in [-0.15, -0.1) is 0 Å². The fraction of sp³-hybridized carbons (Fsp3) is 0.222. The van der Waals surface area contributed by atoms with Crippen LogP contribution in [0.1, 0.15) is 11.1 Å². The van der Waals surface area contributed by atoms with Crippen LogP contribution in [0.5, 0.6) is 0 Å². The number of nitrogens with zero attached hydrogens (tertiary/aromatic N) is 2. The Morgan fingerprint density at radius 3 is 2.75 bits per heavy atom. The molecular weight excluding hydrogens is 322 g/mol. The van der Waals surface area contributed by atoms with Crippen LogP contribution in [0.25, 0.3) is 10.9 Å². The average Bonchev–Trinajstić information content (AvgIpc) is 3.11. The number of sulfonamides is 1. The zero-order valence-corrected chi connectivity index (χ0v) is 14.3. The van der Waals surface area contributed by atoms with Gasteiger partial charge in [0.25, 0.3) is 0 Å². The van der Waals surface area contributed by atoms with E-state index in [1.807, 2.05) is 13.1 Å². The number of fused-ring (bicyclic) bond motifs is 2. The molecule has 6 heteroatoms. The van der Waals surface area contributed by atoms with Gasteiger partial charge >= 0.3 is 0 Å². The summed E-state index contributed by atoms with van der Waals surface area (Å²) in [6.45, 7) is 1.69. The molecule has 2 heterocycles. The monoisotopic (exact) mass is 341 g/mol. The molecule has 1 aliphatic rings. The summed E-state index contributed by atoms with van der Waals surface area (Å²) in [5.74, 6) is 0. The average molecular weight is 341 g/mol. The van der Waals surface area contributed by atoms with Gasteiger partial charge in [-0.05, 0) is 53.3 Å². The molecule has 0 saturated carbocycles. The summed E-state index contributed by atoms with van der Waals surface area (Å²) in [5.41, 5.74) is 4.60. The highest BCUT2D eigenvalue weighted by molar-refractivity contribution is 7.89. The Balaban J connectivity index is 1.64. The zero-order valence-electron chi connectivity index (χ0n) is 13.4. The maximum atomic E-state index is 11.5. The van der Waals surface area contributed by atoms with Crippen LogP contribution < -0.4 is 10.0 Å². The highest BCUT2D eigenvalue weighted by Crippen LogP contribution is 2.31. The lowest BCUT2D eigenvalue weighted by Crippen LogP contribution is -2.19. The molecule has 1 aromatic heterocycles. The third kappa shape index (κ3) is 2.57. The van der Waals surface area contributed by atoms with E-state index in [0.717, 1.165) is 30.8 Å². The maximum Gasteiger partial charge on any atom is 0.238 e. The molecule has 3 aromatic rings. The lowest BCUT2D eigenvalue weighted by molar-refractivity contribution is 0.597. The first kappa shape index (κ1) is 15.2. The van der Waals surface area contributed by atoms with Gasteiger partial charge in [-0.3, -0.25) is 0 Å². The van der Waals surface area contributed by atoms with Gasteiger partial charge in [-0.1, -0.05) is 12.1 Å². The van der Waals surface area contributed by atoms with E-state index < -0.39 is 10.0 Å². The standard InChI is InChI=1S/C18H19N3O2S/c1-20-8-6-14-3-2-13(10-18(14)20)12-21-9-7-15-11-16(24(19,22)23)4-5-17(15)21/h2-6,8,10-11H,7,9,12H2,1H3,(H2,19,22,23). The van der Waals surface area contributed by atoms with Gasteiger partial charge in [0.05, 0.1) is 4.90 Å². The Kier molecular flexibility index (Phi) is 3.40. The molecule has 24 heavy (non-hydrogen) atoms. The third-order valence-electron chi connectivity index (χ3n) is 4.70. The van der Waals surface area contributed by atoms with Crippen molar-refractivity contribution in [3.63, 3.8) is 0 Å². The number of rotatable bonds is 3. The molecule has 0 spiro atoms. The number of benzene rings is 2. The second-order valence-corrected chi connectivity index (χ2v) is 7.89. The smallest absolute Gasteiger partial charge is 0.238 e. The first-order valence-electron chi connectivity index (χ1n) is 7.86. The minimum absolute atomic E-state index is 0.188. The summed E-state index contributed by atoms with van der Waals surface area (Å²) in [6.07, 6.45) is 2.90. The van der Waals surface area contributed by atoms with Crippen molar-refractivity contribution < 1.29 is 8.42 Å². The van der Waals surface area contributed by atoms with Crippen LogP contribution in [0.15, 0.2) is 53.6 Å². The highest BCUT2D eigenvalue weighted by atomic mass is 32.2. The molecule has 2 N–H and O–H groups in total. The predicted molar refractivity (Wildman–Crippen MR) is 95.5 cm³/mol. The second kappa shape index (κ2) is 5.36. The molecule has 0 radical (unpaired) electrons. The van der Waals surface area contributed by atoms with E-state index in [4.69, 9.17) is 5.14 Å². The van der Waals surface area contributed by atoms with Crippen LogP contribution in [0.3, 0.4) is 0 Å². The third-order valence-corrected chi connectivity index (χ3v) is 5.61. The largest absolute Gasteiger partial charge is 0.367 e. The first-order valence-corrected chi connectivity index (χ1v) is 9.41. The molecule has 0 amide bonds. The van der Waals surface area contributed by atoms with Gasteiger partial charge in [0.1, 0.15) is 0 Å². The SMILES string of the molecule is Cn1ccc2ccc(CN3CCc4cc(S(N)(=O)=O)ccc43)cc21. The summed E-state index contributed by atoms with van der Waals surface area (Å²) in [7, 11) is -1.60. The fourth-order valence-electron chi connectivity index (χ4n) is 3.41. The van der Waals surface area contributed by atoms with Gasteiger partial charge in [-0.25, -0.2) is 13.6 Å². The quantitative estimate of drug-likeness (QED) is 0.795. The molecule has 0 aliphatic carbocycles. The number of aryl methyl sites for hydroxylation is 1. The Morgan fingerprint density at radius 1 is 1.12 bits per heavy atom. The minimum atomic E-state index is -3.64. The zero-order chi connectivity index (χ0) is 16.9. The number of primary sulfonamides is 1. The molecule has 0 fully saturated rings. The molecule has 1 aliphatic heterocycles. The molecule has 0 bridgehead atoms. The molecular formula is C18H19N3O2S. The van der Waals surface area contributed by atoms with Crippen molar-refractivity contribution in [2.45, 2.75) is 17.9 Å². The Labute approximate surface area is 141 Å². The number of nitrogens with two attached hydrogens (primary N) is 1. The van der Waals surface area contributed by atoms with Crippen LogP contribution in [-0.4, -0.2) is 19.5 Å². The normalized spacial score (nSPS) is 14.3. The van der Waals surface area contributed by atoms with E-state index in [2.05, 4.69) is 39.9 Å². The molecule has 0 atom stereocenters. The molecule has 5 nitrogen and oxygen atoms in total. The molecule has 4 rings (SSSR count). The minimum Gasteiger partial charge on any atom is -0.367 e. The van der Waals surface area contributed by atoms with E-state index in [1.165, 1.54) is 16.5 Å². The first-order chi connectivity index (χ1) is 11.4. The number of aromatic nitrogens is 1. The van der Waals surface area contributed by atoms with Gasteiger partial charge in [0, 0.05) is 37.5 Å². The van der Waals surface area contributed by atoms with Crippen molar-refractivity contribution in [2.24, 2.45) is 12.2 Å². The molecule has 124 valence electrons. The van der Waals surface area contributed by atoms with Crippen LogP contribution in [0.4, 0.5) is 5.69 Å². The Bertz CT molecular complexity index is 1040. The van der Waals surface area contributed by atoms with Gasteiger partial charge in [-0.2, -0.15) is 0 Å². The molecule has 0 saturated heterocycles. The van der Waals surface area contributed by atoms with E-state index in [-0.39, 0.29) is 4.90 Å². The van der Waals surface area contributed by atoms with Crippen LogP contribution >= 0.6 is 0 Å². The second-order valence-electron chi connectivity index (χ2n) is 6.33. The summed E-state index contributed by atoms with van der Waals surface area (Å²) in [6, 6.07) is 13.8. The van der Waals surface area contributed by atoms with Crippen LogP contribution in [0, 0.1) is 0 Å². The van der Waals surface area contributed by atoms with E-state index in [9.17, 15) is 8.42 Å². The summed E-state index contributed by atoms with van der Waals surface area (Å²) >= 11 is 0. The van der Waals surface area contributed by atoms with Gasteiger partial charge in [0.15, 0.2) is 0 Å². The van der Waals surface area contributed by atoms with Crippen molar-refractivity contribution in [3.05, 3.63) is 59.8 Å². The highest BCUT2D eigenvalue weighted by Gasteiger charge is 2.21. The van der Waals surface area contributed by atoms with Crippen LogP contribution in [-0.2, 0) is 30.0 Å². The van der Waals surface area contributed by atoms with Crippen molar-refractivity contribution in [1.82, 2.24) is 4.57 Å². The topological polar surface area (TPSA) is 68.3 Å². The summed E-state index contributed by atoms with van der Waals surface area (Å²) in [5, 5.41) is 6.46. The van der Waals surface area contributed by atoms with E-state index in [1.54, 1.807) is 12.1 Å². The Hall–Kier alpha value is -2.31. The summed E-state index contributed by atoms with van der Waals surface area (Å²) < 4.78 is 25.1. The van der Waals surface area contributed by atoms with Gasteiger partial charge in [0.2, 0.25) is 10.0 Å². The fourth-order valence-corrected chi connectivity index (χ4v) is 3.98.